The number of nitrogens with zero attached hydrogens (tertiary/aromatic N) is 1. The van der Waals surface area contributed by atoms with Crippen molar-refractivity contribution >= 4 is 29.3 Å². The van der Waals surface area contributed by atoms with Crippen LogP contribution in [0.1, 0.15) is 36.1 Å². The van der Waals surface area contributed by atoms with Gasteiger partial charge in [0, 0.05) is 23.5 Å². The first-order valence-corrected chi connectivity index (χ1v) is 7.93. The first-order chi connectivity index (χ1) is 10.0. The van der Waals surface area contributed by atoms with Gasteiger partial charge in [0.25, 0.3) is 0 Å². The Balaban J connectivity index is 2.02. The van der Waals surface area contributed by atoms with Crippen molar-refractivity contribution in [3.63, 3.8) is 0 Å². The molecule has 1 heterocycles. The maximum absolute atomic E-state index is 11.2. The van der Waals surface area contributed by atoms with Crippen LogP contribution in [0.3, 0.4) is 0 Å². The molecule has 114 valence electrons. The van der Waals surface area contributed by atoms with E-state index in [4.69, 9.17) is 10.8 Å². The molecule has 1 aromatic rings. The third kappa shape index (κ3) is 4.99. The van der Waals surface area contributed by atoms with E-state index < -0.39 is 5.97 Å². The van der Waals surface area contributed by atoms with Crippen LogP contribution in [-0.2, 0) is 16.1 Å². The molecule has 1 aromatic heterocycles. The summed E-state index contributed by atoms with van der Waals surface area (Å²) in [4.78, 5) is 25.0. The summed E-state index contributed by atoms with van der Waals surface area (Å²) in [5.41, 5.74) is 6.22. The molecular formula is C15H20N2O3S. The van der Waals surface area contributed by atoms with Crippen molar-refractivity contribution in [3.05, 3.63) is 28.0 Å². The SMILES string of the molecule is NC(=O)CN(Cc1cc(C=CC(=O)O)cs1)C1CCCC1. The summed E-state index contributed by atoms with van der Waals surface area (Å²) in [6, 6.07) is 2.39. The molecule has 1 aliphatic carbocycles. The van der Waals surface area contributed by atoms with E-state index in [0.717, 1.165) is 29.4 Å². The standard InChI is InChI=1S/C15H20N2O3S/c16-14(18)9-17(12-3-1-2-4-12)8-13-7-11(10-21-13)5-6-15(19)20/h5-7,10,12H,1-4,8-9H2,(H2,16,18)(H,19,20). The molecule has 0 aliphatic heterocycles. The zero-order chi connectivity index (χ0) is 15.2. The Morgan fingerprint density at radius 3 is 2.76 bits per heavy atom. The molecule has 6 heteroatoms. The second-order valence-electron chi connectivity index (χ2n) is 5.33. The lowest BCUT2D eigenvalue weighted by Gasteiger charge is -2.26. The van der Waals surface area contributed by atoms with E-state index in [1.807, 2.05) is 11.4 Å². The molecular weight excluding hydrogens is 288 g/mol. The maximum Gasteiger partial charge on any atom is 0.328 e. The smallest absolute Gasteiger partial charge is 0.328 e. The van der Waals surface area contributed by atoms with Crippen LogP contribution in [0, 0.1) is 0 Å². The normalized spacial score (nSPS) is 16.0. The summed E-state index contributed by atoms with van der Waals surface area (Å²) in [6.45, 7) is 0.974. The average Bonchev–Trinajstić information content (AvgIpc) is 3.06. The van der Waals surface area contributed by atoms with E-state index in [1.54, 1.807) is 17.4 Å². The predicted octanol–water partition coefficient (Wildman–Crippen LogP) is 2.08. The van der Waals surface area contributed by atoms with E-state index in [1.165, 1.54) is 12.8 Å². The van der Waals surface area contributed by atoms with Gasteiger partial charge < -0.3 is 10.8 Å². The zero-order valence-corrected chi connectivity index (χ0v) is 12.6. The van der Waals surface area contributed by atoms with E-state index in [2.05, 4.69) is 4.90 Å². The average molecular weight is 308 g/mol. The highest BCUT2D eigenvalue weighted by Gasteiger charge is 2.24. The van der Waals surface area contributed by atoms with Gasteiger partial charge in [-0.25, -0.2) is 4.79 Å². The number of aliphatic carboxylic acids is 1. The van der Waals surface area contributed by atoms with Crippen molar-refractivity contribution < 1.29 is 14.7 Å². The second-order valence-corrected chi connectivity index (χ2v) is 6.32. The van der Waals surface area contributed by atoms with Gasteiger partial charge in [-0.1, -0.05) is 12.8 Å². The highest BCUT2D eigenvalue weighted by Crippen LogP contribution is 2.26. The molecule has 1 aliphatic rings. The van der Waals surface area contributed by atoms with Gasteiger partial charge >= 0.3 is 5.97 Å². The molecule has 0 radical (unpaired) electrons. The Morgan fingerprint density at radius 2 is 2.14 bits per heavy atom. The lowest BCUT2D eigenvalue weighted by atomic mass is 10.2. The van der Waals surface area contributed by atoms with Gasteiger partial charge in [0.2, 0.25) is 5.91 Å². The summed E-state index contributed by atoms with van der Waals surface area (Å²) in [5, 5.41) is 10.5. The number of hydrogen-bond acceptors (Lipinski definition) is 4. The van der Waals surface area contributed by atoms with Gasteiger partial charge in [-0.05, 0) is 35.9 Å². The quantitative estimate of drug-likeness (QED) is 0.755. The van der Waals surface area contributed by atoms with Crippen LogP contribution in [0.15, 0.2) is 17.5 Å². The topological polar surface area (TPSA) is 83.6 Å². The number of hydrogen-bond donors (Lipinski definition) is 2. The largest absolute Gasteiger partial charge is 0.478 e. The summed E-state index contributed by atoms with van der Waals surface area (Å²) in [7, 11) is 0. The molecule has 0 atom stereocenters. The fourth-order valence-corrected chi connectivity index (χ4v) is 3.60. The van der Waals surface area contributed by atoms with Crippen LogP contribution in [0.4, 0.5) is 0 Å². The van der Waals surface area contributed by atoms with Crippen LogP contribution in [0.25, 0.3) is 6.08 Å². The number of amides is 1. The molecule has 0 unspecified atom stereocenters. The van der Waals surface area contributed by atoms with Crippen molar-refractivity contribution in [3.8, 4) is 0 Å². The second kappa shape index (κ2) is 7.38. The molecule has 2 rings (SSSR count). The van der Waals surface area contributed by atoms with Crippen LogP contribution in [-0.4, -0.2) is 34.5 Å². The van der Waals surface area contributed by atoms with Crippen molar-refractivity contribution in [2.45, 2.75) is 38.3 Å². The third-order valence-electron chi connectivity index (χ3n) is 3.65. The summed E-state index contributed by atoms with van der Waals surface area (Å²) >= 11 is 1.58. The molecule has 0 saturated heterocycles. The highest BCUT2D eigenvalue weighted by molar-refractivity contribution is 7.10. The van der Waals surface area contributed by atoms with E-state index in [-0.39, 0.29) is 12.5 Å². The number of carboxylic acid groups (broad SMARTS) is 1. The fourth-order valence-electron chi connectivity index (χ4n) is 2.72. The molecule has 1 fully saturated rings. The minimum Gasteiger partial charge on any atom is -0.478 e. The zero-order valence-electron chi connectivity index (χ0n) is 11.8. The molecule has 1 amide bonds. The fraction of sp³-hybridized carbons (Fsp3) is 0.467. The summed E-state index contributed by atoms with van der Waals surface area (Å²) in [5.74, 6) is -1.26. The molecule has 0 bridgehead atoms. The molecule has 21 heavy (non-hydrogen) atoms. The van der Waals surface area contributed by atoms with Gasteiger partial charge in [0.15, 0.2) is 0 Å². The van der Waals surface area contributed by atoms with Crippen molar-refractivity contribution in [1.82, 2.24) is 4.90 Å². The summed E-state index contributed by atoms with van der Waals surface area (Å²) in [6.07, 6.45) is 7.35. The van der Waals surface area contributed by atoms with Crippen LogP contribution in [0.5, 0.6) is 0 Å². The van der Waals surface area contributed by atoms with Crippen molar-refractivity contribution in [1.29, 1.82) is 0 Å². The predicted molar refractivity (Wildman–Crippen MR) is 82.8 cm³/mol. The molecule has 1 saturated carbocycles. The number of carbonyl (C=O) groups is 2. The minimum atomic E-state index is -0.955. The number of nitrogens with two attached hydrogens (primary N) is 1. The Labute approximate surface area is 128 Å². The number of carboxylic acids is 1. The molecule has 0 spiro atoms. The lowest BCUT2D eigenvalue weighted by molar-refractivity contribution is -0.131. The Bertz CT molecular complexity index is 533. The van der Waals surface area contributed by atoms with Crippen LogP contribution in [0.2, 0.25) is 0 Å². The number of primary amides is 1. The van der Waals surface area contributed by atoms with Crippen molar-refractivity contribution in [2.24, 2.45) is 5.73 Å². The van der Waals surface area contributed by atoms with Crippen molar-refractivity contribution in [2.75, 3.05) is 6.54 Å². The number of rotatable bonds is 7. The van der Waals surface area contributed by atoms with E-state index in [9.17, 15) is 9.59 Å². The molecule has 3 N–H and O–H groups in total. The van der Waals surface area contributed by atoms with Gasteiger partial charge in [-0.2, -0.15) is 0 Å². The number of carbonyl (C=O) groups excluding carboxylic acids is 1. The Morgan fingerprint density at radius 1 is 1.43 bits per heavy atom. The van der Waals surface area contributed by atoms with Gasteiger partial charge in [-0.3, -0.25) is 9.69 Å². The molecule has 0 aromatic carbocycles. The summed E-state index contributed by atoms with van der Waals surface area (Å²) < 4.78 is 0. The monoisotopic (exact) mass is 308 g/mol. The Hall–Kier alpha value is -1.66. The molecule has 5 nitrogen and oxygen atoms in total. The van der Waals surface area contributed by atoms with Gasteiger partial charge in [0.05, 0.1) is 6.54 Å². The highest BCUT2D eigenvalue weighted by atomic mass is 32.1. The minimum absolute atomic E-state index is 0.281. The number of thiophene rings is 1. The van der Waals surface area contributed by atoms with Gasteiger partial charge in [-0.15, -0.1) is 11.3 Å². The Kier molecular flexibility index (Phi) is 5.52. The van der Waals surface area contributed by atoms with Gasteiger partial charge in [0.1, 0.15) is 0 Å². The lowest BCUT2D eigenvalue weighted by Crippen LogP contribution is -2.39. The van der Waals surface area contributed by atoms with Crippen LogP contribution < -0.4 is 5.73 Å². The van der Waals surface area contributed by atoms with E-state index >= 15 is 0 Å². The maximum atomic E-state index is 11.2. The third-order valence-corrected chi connectivity index (χ3v) is 4.59. The first kappa shape index (κ1) is 15.7. The van der Waals surface area contributed by atoms with Crippen LogP contribution >= 0.6 is 11.3 Å². The first-order valence-electron chi connectivity index (χ1n) is 7.05. The van der Waals surface area contributed by atoms with E-state index in [0.29, 0.717) is 12.6 Å².